The number of carbonyl (C=O) groups is 1. The van der Waals surface area contributed by atoms with Crippen molar-refractivity contribution in [3.63, 3.8) is 0 Å². The van der Waals surface area contributed by atoms with Crippen LogP contribution in [0.3, 0.4) is 0 Å². The molecule has 0 saturated carbocycles. The average molecular weight is 340 g/mol. The Bertz CT molecular complexity index is 745. The zero-order chi connectivity index (χ0) is 17.1. The lowest BCUT2D eigenvalue weighted by Crippen LogP contribution is -2.48. The van der Waals surface area contributed by atoms with Crippen LogP contribution in [0.4, 0.5) is 11.5 Å². The fraction of sp³-hybridized carbons (Fsp3) is 0.333. The molecule has 0 spiro atoms. The second-order valence-corrected chi connectivity index (χ2v) is 6.04. The van der Waals surface area contributed by atoms with Crippen molar-refractivity contribution < 1.29 is 14.3 Å². The van der Waals surface area contributed by atoms with E-state index in [9.17, 15) is 4.79 Å². The minimum Gasteiger partial charge on any atom is -0.454 e. The number of aromatic nitrogens is 1. The molecule has 0 aliphatic carbocycles. The Morgan fingerprint density at radius 1 is 1.08 bits per heavy atom. The van der Waals surface area contributed by atoms with Crippen LogP contribution in [0.1, 0.15) is 0 Å². The molecule has 1 amide bonds. The second-order valence-electron chi connectivity index (χ2n) is 6.04. The number of nitrogens with zero attached hydrogens (tertiary/aromatic N) is 3. The minimum absolute atomic E-state index is 0.0461. The number of piperazine rings is 1. The van der Waals surface area contributed by atoms with E-state index in [1.54, 1.807) is 6.20 Å². The zero-order valence-corrected chi connectivity index (χ0v) is 13.9. The standard InChI is InChI=1S/C18H20N4O3/c23-17(20-14-4-3-5-15-18(14)25-13-24-15)12-21-8-10-22(11-9-21)16-6-1-2-7-19-16/h1-7H,8-13H2,(H,20,23). The van der Waals surface area contributed by atoms with E-state index in [-0.39, 0.29) is 12.7 Å². The van der Waals surface area contributed by atoms with Crippen molar-refractivity contribution in [2.45, 2.75) is 0 Å². The highest BCUT2D eigenvalue weighted by atomic mass is 16.7. The molecule has 1 N–H and O–H groups in total. The molecule has 2 aromatic rings. The van der Waals surface area contributed by atoms with Gasteiger partial charge >= 0.3 is 0 Å². The molecule has 130 valence electrons. The lowest BCUT2D eigenvalue weighted by Gasteiger charge is -2.34. The first-order chi connectivity index (χ1) is 12.3. The van der Waals surface area contributed by atoms with Gasteiger partial charge in [0.15, 0.2) is 11.5 Å². The summed E-state index contributed by atoms with van der Waals surface area (Å²) in [5.74, 6) is 2.22. The highest BCUT2D eigenvalue weighted by Gasteiger charge is 2.22. The van der Waals surface area contributed by atoms with Gasteiger partial charge in [0, 0.05) is 32.4 Å². The van der Waals surface area contributed by atoms with Crippen molar-refractivity contribution in [1.29, 1.82) is 0 Å². The van der Waals surface area contributed by atoms with E-state index in [2.05, 4.69) is 20.1 Å². The molecule has 0 radical (unpaired) electrons. The fourth-order valence-corrected chi connectivity index (χ4v) is 3.10. The van der Waals surface area contributed by atoms with E-state index in [4.69, 9.17) is 9.47 Å². The third-order valence-corrected chi connectivity index (χ3v) is 4.38. The van der Waals surface area contributed by atoms with Gasteiger partial charge in [0.2, 0.25) is 12.7 Å². The van der Waals surface area contributed by atoms with Gasteiger partial charge < -0.3 is 19.7 Å². The molecular weight excluding hydrogens is 320 g/mol. The predicted octanol–water partition coefficient (Wildman–Crippen LogP) is 1.57. The van der Waals surface area contributed by atoms with Gasteiger partial charge in [0.05, 0.1) is 12.2 Å². The van der Waals surface area contributed by atoms with Gasteiger partial charge in [-0.25, -0.2) is 4.98 Å². The van der Waals surface area contributed by atoms with Gasteiger partial charge in [0.25, 0.3) is 0 Å². The SMILES string of the molecule is O=C(CN1CCN(c2ccccn2)CC1)Nc1cccc2c1OCO2. The summed E-state index contributed by atoms with van der Waals surface area (Å²) in [5, 5.41) is 2.92. The minimum atomic E-state index is -0.0461. The first-order valence-corrected chi connectivity index (χ1v) is 8.36. The largest absolute Gasteiger partial charge is 0.454 e. The third-order valence-electron chi connectivity index (χ3n) is 4.38. The van der Waals surface area contributed by atoms with E-state index in [0.29, 0.717) is 23.7 Å². The number of ether oxygens (including phenoxy) is 2. The van der Waals surface area contributed by atoms with Crippen LogP contribution in [0, 0.1) is 0 Å². The normalized spacial score (nSPS) is 16.7. The van der Waals surface area contributed by atoms with E-state index < -0.39 is 0 Å². The zero-order valence-electron chi connectivity index (χ0n) is 13.9. The number of para-hydroxylation sites is 1. The number of amides is 1. The number of pyridine rings is 1. The van der Waals surface area contributed by atoms with Crippen molar-refractivity contribution >= 4 is 17.4 Å². The van der Waals surface area contributed by atoms with Crippen molar-refractivity contribution in [3.05, 3.63) is 42.6 Å². The molecular formula is C18H20N4O3. The average Bonchev–Trinajstić information content (AvgIpc) is 3.13. The molecule has 2 aliphatic heterocycles. The Labute approximate surface area is 146 Å². The van der Waals surface area contributed by atoms with Crippen molar-refractivity contribution in [2.75, 3.05) is 49.7 Å². The number of benzene rings is 1. The number of anilines is 2. The molecule has 2 aliphatic rings. The highest BCUT2D eigenvalue weighted by molar-refractivity contribution is 5.94. The second kappa shape index (κ2) is 6.98. The molecule has 1 fully saturated rings. The number of carbonyl (C=O) groups excluding carboxylic acids is 1. The lowest BCUT2D eigenvalue weighted by atomic mass is 10.2. The molecule has 0 unspecified atom stereocenters. The van der Waals surface area contributed by atoms with E-state index >= 15 is 0 Å². The van der Waals surface area contributed by atoms with Crippen LogP contribution in [0.15, 0.2) is 42.6 Å². The Morgan fingerprint density at radius 2 is 1.96 bits per heavy atom. The number of hydrogen-bond acceptors (Lipinski definition) is 6. The van der Waals surface area contributed by atoms with Crippen LogP contribution < -0.4 is 19.7 Å². The van der Waals surface area contributed by atoms with Crippen LogP contribution >= 0.6 is 0 Å². The van der Waals surface area contributed by atoms with E-state index in [1.807, 2.05) is 36.4 Å². The fourth-order valence-electron chi connectivity index (χ4n) is 3.10. The smallest absolute Gasteiger partial charge is 0.238 e. The van der Waals surface area contributed by atoms with E-state index in [0.717, 1.165) is 32.0 Å². The summed E-state index contributed by atoms with van der Waals surface area (Å²) in [6.07, 6.45) is 1.80. The van der Waals surface area contributed by atoms with Gasteiger partial charge in [-0.05, 0) is 24.3 Å². The summed E-state index contributed by atoms with van der Waals surface area (Å²) in [7, 11) is 0. The van der Waals surface area contributed by atoms with Crippen molar-refractivity contribution in [1.82, 2.24) is 9.88 Å². The molecule has 25 heavy (non-hydrogen) atoms. The molecule has 4 rings (SSSR count). The van der Waals surface area contributed by atoms with E-state index in [1.165, 1.54) is 0 Å². The molecule has 3 heterocycles. The first kappa shape index (κ1) is 15.7. The number of hydrogen-bond donors (Lipinski definition) is 1. The maximum absolute atomic E-state index is 12.4. The summed E-state index contributed by atoms with van der Waals surface area (Å²) in [6.45, 7) is 3.94. The van der Waals surface area contributed by atoms with Gasteiger partial charge in [-0.3, -0.25) is 9.69 Å². The maximum Gasteiger partial charge on any atom is 0.238 e. The predicted molar refractivity (Wildman–Crippen MR) is 94.1 cm³/mol. The van der Waals surface area contributed by atoms with Crippen LogP contribution in [-0.4, -0.2) is 55.3 Å². The van der Waals surface area contributed by atoms with Crippen LogP contribution in [0.5, 0.6) is 11.5 Å². The van der Waals surface area contributed by atoms with Crippen molar-refractivity contribution in [3.8, 4) is 11.5 Å². The summed E-state index contributed by atoms with van der Waals surface area (Å²) in [4.78, 5) is 21.1. The van der Waals surface area contributed by atoms with Crippen molar-refractivity contribution in [2.24, 2.45) is 0 Å². The lowest BCUT2D eigenvalue weighted by molar-refractivity contribution is -0.117. The van der Waals surface area contributed by atoms with Gasteiger partial charge in [0.1, 0.15) is 5.82 Å². The molecule has 0 atom stereocenters. The van der Waals surface area contributed by atoms with Crippen LogP contribution in [0.25, 0.3) is 0 Å². The molecule has 1 aromatic heterocycles. The first-order valence-electron chi connectivity index (χ1n) is 8.36. The molecule has 0 bridgehead atoms. The molecule has 1 saturated heterocycles. The summed E-state index contributed by atoms with van der Waals surface area (Å²) in [6, 6.07) is 11.4. The maximum atomic E-state index is 12.4. The summed E-state index contributed by atoms with van der Waals surface area (Å²) < 4.78 is 10.7. The number of nitrogens with one attached hydrogen (secondary N) is 1. The Kier molecular flexibility index (Phi) is 4.39. The molecule has 7 nitrogen and oxygen atoms in total. The Balaban J connectivity index is 1.30. The Morgan fingerprint density at radius 3 is 2.76 bits per heavy atom. The number of fused-ring (bicyclic) bond motifs is 1. The quantitative estimate of drug-likeness (QED) is 0.911. The van der Waals surface area contributed by atoms with Crippen LogP contribution in [-0.2, 0) is 4.79 Å². The topological polar surface area (TPSA) is 66.9 Å². The van der Waals surface area contributed by atoms with Gasteiger partial charge in [-0.15, -0.1) is 0 Å². The molecule has 1 aromatic carbocycles. The summed E-state index contributed by atoms with van der Waals surface area (Å²) >= 11 is 0. The highest BCUT2D eigenvalue weighted by Crippen LogP contribution is 2.38. The molecule has 7 heteroatoms. The monoisotopic (exact) mass is 340 g/mol. The van der Waals surface area contributed by atoms with Gasteiger partial charge in [-0.1, -0.05) is 12.1 Å². The number of rotatable bonds is 4. The van der Waals surface area contributed by atoms with Gasteiger partial charge in [-0.2, -0.15) is 0 Å². The third kappa shape index (κ3) is 3.51. The Hall–Kier alpha value is -2.80. The summed E-state index contributed by atoms with van der Waals surface area (Å²) in [5.41, 5.74) is 0.659. The van der Waals surface area contributed by atoms with Crippen LogP contribution in [0.2, 0.25) is 0 Å².